The van der Waals surface area contributed by atoms with E-state index in [1.807, 2.05) is 17.0 Å². The summed E-state index contributed by atoms with van der Waals surface area (Å²) in [4.78, 5) is 30.2. The van der Waals surface area contributed by atoms with Crippen molar-refractivity contribution in [1.29, 1.82) is 0 Å². The average Bonchev–Trinajstić information content (AvgIpc) is 3.25. The first-order valence-electron chi connectivity index (χ1n) is 13.2. The molecule has 2 saturated heterocycles. The molecule has 1 aromatic rings. The topological polar surface area (TPSA) is 75.9 Å². The Labute approximate surface area is 204 Å². The van der Waals surface area contributed by atoms with Crippen LogP contribution in [0.4, 0.5) is 0 Å². The minimum atomic E-state index is -0.352. The summed E-state index contributed by atoms with van der Waals surface area (Å²) in [6.45, 7) is 11.8. The van der Waals surface area contributed by atoms with E-state index in [-0.39, 0.29) is 22.6 Å². The van der Waals surface area contributed by atoms with E-state index in [1.165, 1.54) is 5.56 Å². The Hall–Kier alpha value is -1.92. The maximum Gasteiger partial charge on any atom is 0.253 e. The summed E-state index contributed by atoms with van der Waals surface area (Å²) < 4.78 is 5.50. The van der Waals surface area contributed by atoms with Crippen molar-refractivity contribution in [2.45, 2.75) is 64.3 Å². The van der Waals surface area contributed by atoms with Crippen molar-refractivity contribution in [1.82, 2.24) is 9.80 Å². The van der Waals surface area contributed by atoms with E-state index < -0.39 is 0 Å². The number of carbonyl (C=O) groups excluding carboxylic acids is 2. The molecule has 4 aliphatic rings. The number of amides is 2. The van der Waals surface area contributed by atoms with E-state index in [0.717, 1.165) is 77.1 Å². The molecule has 4 fully saturated rings. The second-order valence-electron chi connectivity index (χ2n) is 12.3. The predicted octanol–water partition coefficient (Wildman–Crippen LogP) is 3.44. The summed E-state index contributed by atoms with van der Waals surface area (Å²) in [5, 5.41) is 0. The Morgan fingerprint density at radius 2 is 1.62 bits per heavy atom. The van der Waals surface area contributed by atoms with Crippen molar-refractivity contribution in [2.75, 3.05) is 39.4 Å². The molecule has 0 spiro atoms. The van der Waals surface area contributed by atoms with Gasteiger partial charge in [0.1, 0.15) is 0 Å². The van der Waals surface area contributed by atoms with Crippen LogP contribution in [0.1, 0.15) is 68.8 Å². The first-order valence-corrected chi connectivity index (χ1v) is 13.2. The summed E-state index contributed by atoms with van der Waals surface area (Å²) >= 11 is 0. The summed E-state index contributed by atoms with van der Waals surface area (Å²) in [5.41, 5.74) is 7.77. The zero-order valence-corrected chi connectivity index (χ0v) is 21.1. The number of likely N-dealkylation sites (tertiary alicyclic amines) is 1. The van der Waals surface area contributed by atoms with E-state index in [9.17, 15) is 9.59 Å². The normalized spacial score (nSPS) is 34.0. The van der Waals surface area contributed by atoms with Crippen LogP contribution in [0.3, 0.4) is 0 Å². The monoisotopic (exact) mass is 467 g/mol. The molecule has 1 aromatic carbocycles. The summed E-state index contributed by atoms with van der Waals surface area (Å²) in [6.07, 6.45) is 4.84. The van der Waals surface area contributed by atoms with Crippen molar-refractivity contribution in [3.8, 4) is 0 Å². The number of ether oxygens (including phenoxy) is 1. The van der Waals surface area contributed by atoms with E-state index in [1.54, 1.807) is 0 Å². The predicted molar refractivity (Wildman–Crippen MR) is 132 cm³/mol. The smallest absolute Gasteiger partial charge is 0.253 e. The molecule has 2 atom stereocenters. The molecule has 186 valence electrons. The van der Waals surface area contributed by atoms with Gasteiger partial charge < -0.3 is 15.4 Å². The number of nitrogens with two attached hydrogens (primary N) is 1. The molecule has 2 saturated carbocycles. The molecule has 2 N–H and O–H groups in total. The minimum absolute atomic E-state index is 0.0851. The highest BCUT2D eigenvalue weighted by molar-refractivity contribution is 5.94. The molecule has 6 heteroatoms. The first-order chi connectivity index (χ1) is 16.2. The second kappa shape index (κ2) is 8.94. The van der Waals surface area contributed by atoms with Gasteiger partial charge in [0.25, 0.3) is 5.91 Å². The summed E-state index contributed by atoms with van der Waals surface area (Å²) in [5.74, 6) is 1.64. The van der Waals surface area contributed by atoms with Crippen molar-refractivity contribution >= 4 is 11.8 Å². The van der Waals surface area contributed by atoms with Crippen LogP contribution in [0, 0.1) is 23.2 Å². The van der Waals surface area contributed by atoms with Gasteiger partial charge in [0, 0.05) is 43.2 Å². The van der Waals surface area contributed by atoms with Gasteiger partial charge in [-0.1, -0.05) is 32.9 Å². The molecule has 2 heterocycles. The maximum absolute atomic E-state index is 13.1. The van der Waals surface area contributed by atoms with Gasteiger partial charge in [-0.15, -0.1) is 0 Å². The number of morpholine rings is 1. The molecule has 2 amide bonds. The number of hydrogen-bond acceptors (Lipinski definition) is 4. The Morgan fingerprint density at radius 1 is 1.03 bits per heavy atom. The molecule has 0 bridgehead atoms. The lowest BCUT2D eigenvalue weighted by atomic mass is 9.68. The molecule has 2 aliphatic heterocycles. The van der Waals surface area contributed by atoms with Crippen molar-refractivity contribution < 1.29 is 14.3 Å². The number of nitrogens with zero attached hydrogens (tertiary/aromatic N) is 2. The lowest BCUT2D eigenvalue weighted by Crippen LogP contribution is -2.49. The van der Waals surface area contributed by atoms with Crippen molar-refractivity contribution in [2.24, 2.45) is 28.9 Å². The number of carbonyl (C=O) groups is 2. The van der Waals surface area contributed by atoms with Crippen LogP contribution in [-0.2, 0) is 14.9 Å². The number of hydrogen-bond donors (Lipinski definition) is 1. The summed E-state index contributed by atoms with van der Waals surface area (Å²) in [7, 11) is 0. The number of rotatable bonds is 5. The first kappa shape index (κ1) is 23.8. The number of piperidine rings is 1. The van der Waals surface area contributed by atoms with E-state index in [0.29, 0.717) is 23.8 Å². The Bertz CT molecular complexity index is 896. The van der Waals surface area contributed by atoms with Crippen LogP contribution in [-0.4, -0.2) is 67.0 Å². The minimum Gasteiger partial charge on any atom is -0.379 e. The Morgan fingerprint density at radius 3 is 2.15 bits per heavy atom. The Balaban J connectivity index is 1.15. The van der Waals surface area contributed by atoms with Gasteiger partial charge in [-0.2, -0.15) is 0 Å². The highest BCUT2D eigenvalue weighted by atomic mass is 16.5. The largest absolute Gasteiger partial charge is 0.379 e. The fraction of sp³-hybridized carbons (Fsp3) is 0.714. The zero-order valence-electron chi connectivity index (χ0n) is 21.1. The van der Waals surface area contributed by atoms with Gasteiger partial charge in [-0.25, -0.2) is 0 Å². The lowest BCUT2D eigenvalue weighted by molar-refractivity contribution is -0.131. The third kappa shape index (κ3) is 4.51. The molecule has 6 nitrogen and oxygen atoms in total. The zero-order chi connectivity index (χ0) is 24.1. The van der Waals surface area contributed by atoms with Gasteiger partial charge in [-0.05, 0) is 73.0 Å². The van der Waals surface area contributed by atoms with E-state index in [4.69, 9.17) is 10.5 Å². The highest BCUT2D eigenvalue weighted by Gasteiger charge is 2.59. The molecule has 0 radical (unpaired) electrons. The average molecular weight is 468 g/mol. The molecular formula is C28H41N3O3. The van der Waals surface area contributed by atoms with E-state index in [2.05, 4.69) is 37.8 Å². The lowest BCUT2D eigenvalue weighted by Gasteiger charge is -2.43. The summed E-state index contributed by atoms with van der Waals surface area (Å²) in [6, 6.07) is 8.67. The Kier molecular flexibility index (Phi) is 6.26. The maximum atomic E-state index is 13.1. The fourth-order valence-electron chi connectivity index (χ4n) is 6.88. The standard InChI is InChI=1S/C28H41N3O3/c1-27(2,3)20-6-4-19(5-7-20)25(32)31-17-23-22(24(23)18-31)16-28(26(29)33)10-8-21(9-11-28)30-12-14-34-15-13-30/h4-7,21-24H,8-18H2,1-3H3,(H2,29,33). The van der Waals surface area contributed by atoms with Gasteiger partial charge in [0.2, 0.25) is 5.91 Å². The van der Waals surface area contributed by atoms with Crippen LogP contribution in [0.15, 0.2) is 24.3 Å². The number of benzene rings is 1. The van der Waals surface area contributed by atoms with Gasteiger partial charge >= 0.3 is 0 Å². The highest BCUT2D eigenvalue weighted by Crippen LogP contribution is 2.58. The quantitative estimate of drug-likeness (QED) is 0.720. The molecule has 34 heavy (non-hydrogen) atoms. The fourth-order valence-corrected chi connectivity index (χ4v) is 6.88. The number of fused-ring (bicyclic) bond motifs is 1. The SMILES string of the molecule is CC(C)(C)c1ccc(C(=O)N2CC3C(C2)C3CC2(C(N)=O)CCC(N3CCOCC3)CC2)cc1. The van der Waals surface area contributed by atoms with Gasteiger partial charge in [0.15, 0.2) is 0 Å². The van der Waals surface area contributed by atoms with Crippen LogP contribution in [0.2, 0.25) is 0 Å². The number of primary amides is 1. The van der Waals surface area contributed by atoms with E-state index >= 15 is 0 Å². The van der Waals surface area contributed by atoms with Crippen LogP contribution >= 0.6 is 0 Å². The van der Waals surface area contributed by atoms with Crippen LogP contribution < -0.4 is 5.73 Å². The molecule has 0 aromatic heterocycles. The van der Waals surface area contributed by atoms with Gasteiger partial charge in [0.05, 0.1) is 13.2 Å². The van der Waals surface area contributed by atoms with Crippen molar-refractivity contribution in [3.05, 3.63) is 35.4 Å². The van der Waals surface area contributed by atoms with Gasteiger partial charge in [-0.3, -0.25) is 14.5 Å². The molecule has 5 rings (SSSR count). The van der Waals surface area contributed by atoms with Crippen molar-refractivity contribution in [3.63, 3.8) is 0 Å². The molecule has 2 aliphatic carbocycles. The van der Waals surface area contributed by atoms with Crippen LogP contribution in [0.25, 0.3) is 0 Å². The third-order valence-corrected chi connectivity index (χ3v) is 9.28. The van der Waals surface area contributed by atoms with Crippen LogP contribution in [0.5, 0.6) is 0 Å². The third-order valence-electron chi connectivity index (χ3n) is 9.28. The molecule has 2 unspecified atom stereocenters. The second-order valence-corrected chi connectivity index (χ2v) is 12.3. The molecular weight excluding hydrogens is 426 g/mol.